The second-order valence-electron chi connectivity index (χ2n) is 6.20. The van der Waals surface area contributed by atoms with Crippen molar-refractivity contribution in [3.05, 3.63) is 36.3 Å². The molecule has 1 saturated heterocycles. The van der Waals surface area contributed by atoms with Crippen molar-refractivity contribution in [3.8, 4) is 11.4 Å². The fourth-order valence-electron chi connectivity index (χ4n) is 3.05. The number of anilines is 1. The third kappa shape index (κ3) is 3.85. The van der Waals surface area contributed by atoms with Gasteiger partial charge in [0.05, 0.1) is 0 Å². The fourth-order valence-corrected chi connectivity index (χ4v) is 3.05. The Balaban J connectivity index is 1.89. The van der Waals surface area contributed by atoms with Gasteiger partial charge in [0.15, 0.2) is 5.82 Å². The van der Waals surface area contributed by atoms with Crippen LogP contribution in [0, 0.1) is 5.92 Å². The Kier molecular flexibility index (Phi) is 5.18. The molecule has 0 aliphatic carbocycles. The van der Waals surface area contributed by atoms with Crippen LogP contribution in [0.1, 0.15) is 31.9 Å². The Labute approximate surface area is 138 Å². The van der Waals surface area contributed by atoms with Crippen LogP contribution in [0.5, 0.6) is 0 Å². The number of pyridine rings is 1. The van der Waals surface area contributed by atoms with Crippen LogP contribution < -0.4 is 10.6 Å². The minimum Gasteiger partial charge on any atom is -0.356 e. The molecule has 0 atom stereocenters. The fraction of sp³-hybridized carbons (Fsp3) is 0.500. The standard InChI is InChI=1S/C18H25N5/c1-2-4-16-11-17(23-9-6-14(12-19)7-10-23)22-18(21-16)15-5-3-8-20-13-15/h3,5,8,11,13-14H,2,4,6-7,9-10,12,19H2,1H3. The van der Waals surface area contributed by atoms with Gasteiger partial charge in [-0.2, -0.15) is 0 Å². The lowest BCUT2D eigenvalue weighted by Gasteiger charge is -2.32. The first-order valence-electron chi connectivity index (χ1n) is 8.53. The van der Waals surface area contributed by atoms with E-state index in [0.29, 0.717) is 5.92 Å². The zero-order valence-corrected chi connectivity index (χ0v) is 13.8. The highest BCUT2D eigenvalue weighted by Crippen LogP contribution is 2.24. The highest BCUT2D eigenvalue weighted by Gasteiger charge is 2.20. The van der Waals surface area contributed by atoms with E-state index in [1.165, 1.54) is 0 Å². The highest BCUT2D eigenvalue weighted by atomic mass is 15.2. The molecule has 0 spiro atoms. The molecule has 0 amide bonds. The van der Waals surface area contributed by atoms with Crippen LogP contribution in [0.15, 0.2) is 30.6 Å². The summed E-state index contributed by atoms with van der Waals surface area (Å²) in [5.41, 5.74) is 7.88. The Bertz CT molecular complexity index is 621. The van der Waals surface area contributed by atoms with Crippen LogP contribution in [0.3, 0.4) is 0 Å². The molecule has 2 aromatic heterocycles. The normalized spacial score (nSPS) is 15.8. The third-order valence-corrected chi connectivity index (χ3v) is 4.46. The summed E-state index contributed by atoms with van der Waals surface area (Å²) >= 11 is 0. The first-order valence-corrected chi connectivity index (χ1v) is 8.53. The van der Waals surface area contributed by atoms with Gasteiger partial charge in [0.1, 0.15) is 5.82 Å². The molecule has 0 bridgehead atoms. The molecule has 2 N–H and O–H groups in total. The van der Waals surface area contributed by atoms with E-state index in [4.69, 9.17) is 15.7 Å². The summed E-state index contributed by atoms with van der Waals surface area (Å²) in [6, 6.07) is 6.09. The zero-order valence-electron chi connectivity index (χ0n) is 13.8. The van der Waals surface area contributed by atoms with Gasteiger partial charge in [-0.15, -0.1) is 0 Å². The van der Waals surface area contributed by atoms with Gasteiger partial charge in [-0.25, -0.2) is 9.97 Å². The summed E-state index contributed by atoms with van der Waals surface area (Å²) in [7, 11) is 0. The smallest absolute Gasteiger partial charge is 0.163 e. The first kappa shape index (κ1) is 15.9. The summed E-state index contributed by atoms with van der Waals surface area (Å²) < 4.78 is 0. The van der Waals surface area contributed by atoms with Gasteiger partial charge < -0.3 is 10.6 Å². The van der Waals surface area contributed by atoms with Crippen molar-refractivity contribution in [1.29, 1.82) is 0 Å². The number of aryl methyl sites for hydroxylation is 1. The number of aromatic nitrogens is 3. The molecule has 3 heterocycles. The molecule has 23 heavy (non-hydrogen) atoms. The summed E-state index contributed by atoms with van der Waals surface area (Å²) in [4.78, 5) is 16.1. The minimum atomic E-state index is 0.654. The lowest BCUT2D eigenvalue weighted by molar-refractivity contribution is 0.413. The molecule has 5 nitrogen and oxygen atoms in total. The average Bonchev–Trinajstić information content (AvgIpc) is 2.62. The van der Waals surface area contributed by atoms with E-state index < -0.39 is 0 Å². The summed E-state index contributed by atoms with van der Waals surface area (Å²) in [5, 5.41) is 0. The van der Waals surface area contributed by atoms with E-state index in [1.807, 2.05) is 18.3 Å². The van der Waals surface area contributed by atoms with Crippen LogP contribution in [0.2, 0.25) is 0 Å². The third-order valence-electron chi connectivity index (χ3n) is 4.46. The quantitative estimate of drug-likeness (QED) is 0.919. The predicted molar refractivity (Wildman–Crippen MR) is 93.2 cm³/mol. The Morgan fingerprint density at radius 3 is 2.74 bits per heavy atom. The predicted octanol–water partition coefficient (Wildman–Crippen LogP) is 2.67. The minimum absolute atomic E-state index is 0.654. The van der Waals surface area contributed by atoms with E-state index in [0.717, 1.165) is 68.2 Å². The summed E-state index contributed by atoms with van der Waals surface area (Å²) in [5.74, 6) is 2.47. The van der Waals surface area contributed by atoms with Gasteiger partial charge in [-0.05, 0) is 43.9 Å². The molecular weight excluding hydrogens is 286 g/mol. The van der Waals surface area contributed by atoms with Crippen LogP contribution in [-0.4, -0.2) is 34.6 Å². The number of nitrogens with two attached hydrogens (primary N) is 1. The maximum absolute atomic E-state index is 5.80. The second-order valence-corrected chi connectivity index (χ2v) is 6.20. The van der Waals surface area contributed by atoms with Crippen molar-refractivity contribution < 1.29 is 0 Å². The lowest BCUT2D eigenvalue weighted by Crippen LogP contribution is -2.36. The summed E-state index contributed by atoms with van der Waals surface area (Å²) in [6.45, 7) is 5.02. The highest BCUT2D eigenvalue weighted by molar-refractivity contribution is 5.57. The second kappa shape index (κ2) is 7.51. The molecule has 0 unspecified atom stereocenters. The number of hydrogen-bond acceptors (Lipinski definition) is 5. The van der Waals surface area contributed by atoms with Gasteiger partial charge in [0.25, 0.3) is 0 Å². The van der Waals surface area contributed by atoms with Crippen LogP contribution in [0.4, 0.5) is 5.82 Å². The molecular formula is C18H25N5. The number of hydrogen-bond donors (Lipinski definition) is 1. The summed E-state index contributed by atoms with van der Waals surface area (Å²) in [6.07, 6.45) is 7.95. The van der Waals surface area contributed by atoms with Crippen molar-refractivity contribution in [2.24, 2.45) is 11.7 Å². The monoisotopic (exact) mass is 311 g/mol. The molecule has 1 aliphatic heterocycles. The molecule has 1 aliphatic rings. The number of nitrogens with zero attached hydrogens (tertiary/aromatic N) is 4. The van der Waals surface area contributed by atoms with Gasteiger partial charge in [-0.1, -0.05) is 13.3 Å². The van der Waals surface area contributed by atoms with Crippen molar-refractivity contribution in [2.75, 3.05) is 24.5 Å². The molecule has 1 fully saturated rings. The molecule has 0 radical (unpaired) electrons. The van der Waals surface area contributed by atoms with Crippen molar-refractivity contribution in [3.63, 3.8) is 0 Å². The number of piperidine rings is 1. The lowest BCUT2D eigenvalue weighted by atomic mass is 9.97. The molecule has 3 rings (SSSR count). The van der Waals surface area contributed by atoms with Gasteiger partial charge in [0.2, 0.25) is 0 Å². The Morgan fingerprint density at radius 1 is 1.26 bits per heavy atom. The van der Waals surface area contributed by atoms with Crippen molar-refractivity contribution in [1.82, 2.24) is 15.0 Å². The van der Waals surface area contributed by atoms with E-state index in [2.05, 4.69) is 22.9 Å². The maximum Gasteiger partial charge on any atom is 0.163 e. The van der Waals surface area contributed by atoms with E-state index >= 15 is 0 Å². The largest absolute Gasteiger partial charge is 0.356 e. The Hall–Kier alpha value is -2.01. The molecule has 0 saturated carbocycles. The van der Waals surface area contributed by atoms with E-state index in [1.54, 1.807) is 6.20 Å². The van der Waals surface area contributed by atoms with Crippen molar-refractivity contribution in [2.45, 2.75) is 32.6 Å². The zero-order chi connectivity index (χ0) is 16.1. The maximum atomic E-state index is 5.80. The van der Waals surface area contributed by atoms with Gasteiger partial charge in [-0.3, -0.25) is 4.98 Å². The van der Waals surface area contributed by atoms with Crippen LogP contribution in [0.25, 0.3) is 11.4 Å². The average molecular weight is 311 g/mol. The molecule has 122 valence electrons. The van der Waals surface area contributed by atoms with E-state index in [9.17, 15) is 0 Å². The SMILES string of the molecule is CCCc1cc(N2CCC(CN)CC2)nc(-c2cccnc2)n1. The van der Waals surface area contributed by atoms with E-state index in [-0.39, 0.29) is 0 Å². The number of rotatable bonds is 5. The van der Waals surface area contributed by atoms with Gasteiger partial charge in [0, 0.05) is 42.8 Å². The van der Waals surface area contributed by atoms with Crippen LogP contribution in [-0.2, 0) is 6.42 Å². The molecule has 0 aromatic carbocycles. The van der Waals surface area contributed by atoms with Gasteiger partial charge >= 0.3 is 0 Å². The van der Waals surface area contributed by atoms with Crippen molar-refractivity contribution >= 4 is 5.82 Å². The molecule has 5 heteroatoms. The van der Waals surface area contributed by atoms with Crippen LogP contribution >= 0.6 is 0 Å². The molecule has 2 aromatic rings. The first-order chi connectivity index (χ1) is 11.3. The topological polar surface area (TPSA) is 67.9 Å². The Morgan fingerprint density at radius 2 is 2.09 bits per heavy atom.